The lowest BCUT2D eigenvalue weighted by atomic mass is 10.1. The largest absolute Gasteiger partial charge is 0.444 e. The molecule has 0 saturated heterocycles. The second-order valence-corrected chi connectivity index (χ2v) is 5.49. The second-order valence-electron chi connectivity index (χ2n) is 5.49. The van der Waals surface area contributed by atoms with Crippen LogP contribution in [0.4, 0.5) is 14.9 Å². The fraction of sp³-hybridized carbons (Fsp3) is 0.533. The number of halogens is 1. The van der Waals surface area contributed by atoms with E-state index in [1.54, 1.807) is 0 Å². The molecular weight excluding hydrogens is 259 g/mol. The molecule has 0 unspecified atom stereocenters. The van der Waals surface area contributed by atoms with E-state index >= 15 is 0 Å². The summed E-state index contributed by atoms with van der Waals surface area (Å²) in [5.74, 6) is 0. The van der Waals surface area contributed by atoms with Gasteiger partial charge in [0.2, 0.25) is 0 Å². The molecule has 0 aliphatic rings. The number of rotatable bonds is 6. The molecule has 4 nitrogen and oxygen atoms in total. The van der Waals surface area contributed by atoms with Crippen LogP contribution in [-0.4, -0.2) is 31.5 Å². The third-order valence-corrected chi connectivity index (χ3v) is 2.46. The number of anilines is 1. The summed E-state index contributed by atoms with van der Waals surface area (Å²) < 4.78 is 17.1. The summed E-state index contributed by atoms with van der Waals surface area (Å²) in [6, 6.07) is 7.71. The van der Waals surface area contributed by atoms with Crippen molar-refractivity contribution in [2.75, 3.05) is 25.1 Å². The summed E-state index contributed by atoms with van der Waals surface area (Å²) in [7, 11) is 0. The van der Waals surface area contributed by atoms with Crippen molar-refractivity contribution in [3.05, 3.63) is 29.8 Å². The highest BCUT2D eigenvalue weighted by Crippen LogP contribution is 2.10. The molecule has 0 saturated carbocycles. The van der Waals surface area contributed by atoms with Crippen molar-refractivity contribution in [1.82, 2.24) is 5.32 Å². The Kier molecular flexibility index (Phi) is 6.28. The minimum absolute atomic E-state index is 0.319. The van der Waals surface area contributed by atoms with Gasteiger partial charge in [0.15, 0.2) is 0 Å². The number of nitrogens with one attached hydrogen (secondary N) is 2. The highest BCUT2D eigenvalue weighted by atomic mass is 19.1. The van der Waals surface area contributed by atoms with Gasteiger partial charge in [-0.1, -0.05) is 12.1 Å². The SMILES string of the molecule is CC(C)(C)OC(=O)NCCc1ccc(NCCF)cc1. The molecule has 20 heavy (non-hydrogen) atoms. The van der Waals surface area contributed by atoms with Crippen LogP contribution in [-0.2, 0) is 11.2 Å². The van der Waals surface area contributed by atoms with Gasteiger partial charge in [0.05, 0.1) is 0 Å². The summed E-state index contributed by atoms with van der Waals surface area (Å²) in [5.41, 5.74) is 1.52. The smallest absolute Gasteiger partial charge is 0.407 e. The molecule has 0 heterocycles. The van der Waals surface area contributed by atoms with Crippen LogP contribution >= 0.6 is 0 Å². The third kappa shape index (κ3) is 6.97. The summed E-state index contributed by atoms with van der Waals surface area (Å²) >= 11 is 0. The molecule has 0 aliphatic heterocycles. The maximum Gasteiger partial charge on any atom is 0.407 e. The highest BCUT2D eigenvalue weighted by molar-refractivity contribution is 5.67. The number of hydrogen-bond acceptors (Lipinski definition) is 3. The molecule has 0 aliphatic carbocycles. The molecule has 0 fully saturated rings. The topological polar surface area (TPSA) is 50.4 Å². The number of amides is 1. The fourth-order valence-electron chi connectivity index (χ4n) is 1.60. The van der Waals surface area contributed by atoms with Crippen molar-refractivity contribution in [3.63, 3.8) is 0 Å². The minimum Gasteiger partial charge on any atom is -0.444 e. The van der Waals surface area contributed by atoms with E-state index in [4.69, 9.17) is 4.74 Å². The molecule has 0 spiro atoms. The predicted molar refractivity (Wildman–Crippen MR) is 78.8 cm³/mol. The van der Waals surface area contributed by atoms with Crippen LogP contribution in [0.2, 0.25) is 0 Å². The number of alkyl carbamates (subject to hydrolysis) is 1. The molecule has 1 rings (SSSR count). The molecule has 0 bridgehead atoms. The Balaban J connectivity index is 2.30. The Labute approximate surface area is 119 Å². The van der Waals surface area contributed by atoms with E-state index in [1.165, 1.54) is 0 Å². The average molecular weight is 282 g/mol. The van der Waals surface area contributed by atoms with Crippen LogP contribution in [0.25, 0.3) is 0 Å². The summed E-state index contributed by atoms with van der Waals surface area (Å²) in [6.45, 7) is 5.94. The van der Waals surface area contributed by atoms with Crippen molar-refractivity contribution >= 4 is 11.8 Å². The number of hydrogen-bond donors (Lipinski definition) is 2. The van der Waals surface area contributed by atoms with Crippen LogP contribution in [0.3, 0.4) is 0 Å². The van der Waals surface area contributed by atoms with Gasteiger partial charge in [-0.15, -0.1) is 0 Å². The first kappa shape index (κ1) is 16.3. The average Bonchev–Trinajstić information content (AvgIpc) is 2.35. The maximum absolute atomic E-state index is 12.0. The van der Waals surface area contributed by atoms with Gasteiger partial charge in [0.1, 0.15) is 12.3 Å². The van der Waals surface area contributed by atoms with Crippen LogP contribution < -0.4 is 10.6 Å². The van der Waals surface area contributed by atoms with Gasteiger partial charge in [-0.3, -0.25) is 0 Å². The number of benzene rings is 1. The number of alkyl halides is 1. The van der Waals surface area contributed by atoms with Crippen molar-refractivity contribution in [1.29, 1.82) is 0 Å². The molecule has 1 aromatic rings. The van der Waals surface area contributed by atoms with Gasteiger partial charge < -0.3 is 15.4 Å². The summed E-state index contributed by atoms with van der Waals surface area (Å²) in [4.78, 5) is 11.4. The van der Waals surface area contributed by atoms with Crippen molar-refractivity contribution in [2.45, 2.75) is 32.8 Å². The quantitative estimate of drug-likeness (QED) is 0.842. The Bertz CT molecular complexity index is 413. The molecule has 0 radical (unpaired) electrons. The summed E-state index contributed by atoms with van der Waals surface area (Å²) in [6.07, 6.45) is 0.321. The van der Waals surface area contributed by atoms with E-state index in [1.807, 2.05) is 45.0 Å². The van der Waals surface area contributed by atoms with Crippen LogP contribution in [0, 0.1) is 0 Å². The van der Waals surface area contributed by atoms with Crippen molar-refractivity contribution < 1.29 is 13.9 Å². The van der Waals surface area contributed by atoms with Crippen LogP contribution in [0.1, 0.15) is 26.3 Å². The molecule has 2 N–H and O–H groups in total. The van der Waals surface area contributed by atoms with Crippen LogP contribution in [0.15, 0.2) is 24.3 Å². The highest BCUT2D eigenvalue weighted by Gasteiger charge is 2.15. The molecule has 0 atom stereocenters. The lowest BCUT2D eigenvalue weighted by Crippen LogP contribution is -2.33. The first-order chi connectivity index (χ1) is 9.40. The first-order valence-corrected chi connectivity index (χ1v) is 6.76. The van der Waals surface area contributed by atoms with Gasteiger partial charge in [0, 0.05) is 18.8 Å². The van der Waals surface area contributed by atoms with Gasteiger partial charge in [-0.2, -0.15) is 0 Å². The van der Waals surface area contributed by atoms with E-state index in [0.29, 0.717) is 13.1 Å². The Morgan fingerprint density at radius 3 is 2.40 bits per heavy atom. The monoisotopic (exact) mass is 282 g/mol. The predicted octanol–water partition coefficient (Wildman–Crippen LogP) is 3.14. The number of ether oxygens (including phenoxy) is 1. The van der Waals surface area contributed by atoms with Gasteiger partial charge in [0.25, 0.3) is 0 Å². The third-order valence-electron chi connectivity index (χ3n) is 2.46. The molecule has 1 aromatic carbocycles. The zero-order chi connectivity index (χ0) is 15.0. The Hall–Kier alpha value is -1.78. The zero-order valence-corrected chi connectivity index (χ0v) is 12.3. The van der Waals surface area contributed by atoms with Gasteiger partial charge in [-0.05, 0) is 44.9 Å². The van der Waals surface area contributed by atoms with E-state index in [-0.39, 0.29) is 6.67 Å². The molecule has 1 amide bonds. The van der Waals surface area contributed by atoms with Gasteiger partial charge >= 0.3 is 6.09 Å². The molecule has 5 heteroatoms. The van der Waals surface area contributed by atoms with Crippen LogP contribution in [0.5, 0.6) is 0 Å². The van der Waals surface area contributed by atoms with Crippen molar-refractivity contribution in [3.8, 4) is 0 Å². The standard InChI is InChI=1S/C15H23FN2O2/c1-15(2,3)20-14(19)18-10-8-12-4-6-13(7-5-12)17-11-9-16/h4-7,17H,8-11H2,1-3H3,(H,18,19). The number of carbonyl (C=O) groups is 1. The first-order valence-electron chi connectivity index (χ1n) is 6.76. The maximum atomic E-state index is 12.0. The zero-order valence-electron chi connectivity index (χ0n) is 12.3. The molecule has 0 aromatic heterocycles. The minimum atomic E-state index is -0.478. The number of carbonyl (C=O) groups excluding carboxylic acids is 1. The van der Waals surface area contributed by atoms with Gasteiger partial charge in [-0.25, -0.2) is 9.18 Å². The molecule has 112 valence electrons. The lowest BCUT2D eigenvalue weighted by molar-refractivity contribution is 0.0528. The summed E-state index contributed by atoms with van der Waals surface area (Å²) in [5, 5.41) is 5.67. The normalized spacial score (nSPS) is 11.0. The Morgan fingerprint density at radius 1 is 1.20 bits per heavy atom. The lowest BCUT2D eigenvalue weighted by Gasteiger charge is -2.19. The second kappa shape index (κ2) is 7.72. The van der Waals surface area contributed by atoms with E-state index in [0.717, 1.165) is 17.7 Å². The molecular formula is C15H23FN2O2. The van der Waals surface area contributed by atoms with E-state index in [2.05, 4.69) is 10.6 Å². The Morgan fingerprint density at radius 2 is 1.85 bits per heavy atom. The van der Waals surface area contributed by atoms with Crippen molar-refractivity contribution in [2.24, 2.45) is 0 Å². The fourth-order valence-corrected chi connectivity index (χ4v) is 1.60. The van der Waals surface area contributed by atoms with E-state index < -0.39 is 11.7 Å². The van der Waals surface area contributed by atoms with E-state index in [9.17, 15) is 9.18 Å².